The molecular weight excluding hydrogens is 435 g/mol. The minimum Gasteiger partial charge on any atom is -0.332 e. The predicted octanol–water partition coefficient (Wildman–Crippen LogP) is 3.50. The number of aromatic amines is 1. The van der Waals surface area contributed by atoms with E-state index in [1.54, 1.807) is 33.8 Å². The van der Waals surface area contributed by atoms with Crippen LogP contribution in [-0.4, -0.2) is 28.9 Å². The highest BCUT2D eigenvalue weighted by atomic mass is 19.1. The van der Waals surface area contributed by atoms with Crippen molar-refractivity contribution in [3.8, 4) is 23.2 Å². The first kappa shape index (κ1) is 23.2. The van der Waals surface area contributed by atoms with Crippen LogP contribution in [0, 0.1) is 17.7 Å². The monoisotopic (exact) mass is 462 g/mol. The molecular formula is C25H27FN6O2. The maximum absolute atomic E-state index is 13.1. The number of H-pyrrole nitrogens is 1. The van der Waals surface area contributed by atoms with Gasteiger partial charge in [-0.15, -0.1) is 0 Å². The molecule has 0 fully saturated rings. The van der Waals surface area contributed by atoms with E-state index in [0.717, 1.165) is 6.42 Å². The molecule has 3 aromatic heterocycles. The van der Waals surface area contributed by atoms with Crippen molar-refractivity contribution in [1.29, 1.82) is 0 Å². The second-order valence-corrected chi connectivity index (χ2v) is 8.66. The van der Waals surface area contributed by atoms with Crippen LogP contribution < -0.4 is 11.2 Å². The van der Waals surface area contributed by atoms with Crippen LogP contribution in [0.2, 0.25) is 0 Å². The van der Waals surface area contributed by atoms with Crippen molar-refractivity contribution in [2.24, 2.45) is 0 Å². The first-order valence-corrected chi connectivity index (χ1v) is 11.3. The highest BCUT2D eigenvalue weighted by molar-refractivity contribution is 5.75. The molecule has 0 unspecified atom stereocenters. The van der Waals surface area contributed by atoms with Gasteiger partial charge in [-0.2, -0.15) is 5.10 Å². The molecule has 4 rings (SSSR count). The molecule has 0 radical (unpaired) electrons. The topological polar surface area (TPSA) is 90.5 Å². The molecule has 0 saturated carbocycles. The van der Waals surface area contributed by atoms with Crippen molar-refractivity contribution in [2.45, 2.75) is 59.2 Å². The van der Waals surface area contributed by atoms with E-state index >= 15 is 0 Å². The average molecular weight is 463 g/mol. The highest BCUT2D eigenvalue weighted by Gasteiger charge is 2.21. The van der Waals surface area contributed by atoms with Crippen LogP contribution in [0.5, 0.6) is 0 Å². The summed E-state index contributed by atoms with van der Waals surface area (Å²) in [6.07, 6.45) is 4.85. The van der Waals surface area contributed by atoms with Gasteiger partial charge in [-0.25, -0.2) is 14.2 Å². The quantitative estimate of drug-likeness (QED) is 0.444. The number of rotatable bonds is 6. The number of halogens is 1. The van der Waals surface area contributed by atoms with E-state index in [1.807, 2.05) is 27.7 Å². The van der Waals surface area contributed by atoms with Crippen molar-refractivity contribution in [1.82, 2.24) is 28.9 Å². The van der Waals surface area contributed by atoms with E-state index < -0.39 is 5.54 Å². The number of fused-ring (bicyclic) bond motifs is 1. The van der Waals surface area contributed by atoms with Gasteiger partial charge in [0.1, 0.15) is 22.7 Å². The summed E-state index contributed by atoms with van der Waals surface area (Å²) in [5, 5.41) is 4.45. The van der Waals surface area contributed by atoms with Crippen molar-refractivity contribution in [2.75, 3.05) is 0 Å². The van der Waals surface area contributed by atoms with E-state index in [9.17, 15) is 14.0 Å². The lowest BCUT2D eigenvalue weighted by molar-refractivity contribution is 0.424. The Morgan fingerprint density at radius 1 is 1.06 bits per heavy atom. The molecule has 0 aliphatic carbocycles. The van der Waals surface area contributed by atoms with E-state index in [0.29, 0.717) is 47.6 Å². The van der Waals surface area contributed by atoms with Crippen LogP contribution in [0.25, 0.3) is 22.6 Å². The zero-order chi connectivity index (χ0) is 24.5. The van der Waals surface area contributed by atoms with Crippen LogP contribution in [0.1, 0.15) is 46.1 Å². The van der Waals surface area contributed by atoms with E-state index in [-0.39, 0.29) is 17.1 Å². The van der Waals surface area contributed by atoms with Crippen LogP contribution in [0.3, 0.4) is 0 Å². The molecule has 0 aliphatic heterocycles. The fraction of sp³-hybridized carbons (Fsp3) is 0.360. The lowest BCUT2D eigenvalue weighted by atomic mass is 10.1. The molecule has 0 atom stereocenters. The maximum Gasteiger partial charge on any atom is 0.332 e. The van der Waals surface area contributed by atoms with Gasteiger partial charge in [0.2, 0.25) is 0 Å². The van der Waals surface area contributed by atoms with Gasteiger partial charge in [0.25, 0.3) is 5.56 Å². The molecule has 9 heteroatoms. The highest BCUT2D eigenvalue weighted by Crippen LogP contribution is 2.21. The van der Waals surface area contributed by atoms with Crippen LogP contribution in [0.4, 0.5) is 4.39 Å². The summed E-state index contributed by atoms with van der Waals surface area (Å²) in [6.45, 7) is 8.55. The Morgan fingerprint density at radius 3 is 2.41 bits per heavy atom. The zero-order valence-corrected chi connectivity index (χ0v) is 19.7. The van der Waals surface area contributed by atoms with Crippen LogP contribution in [0.15, 0.2) is 46.2 Å². The second-order valence-electron chi connectivity index (χ2n) is 8.66. The van der Waals surface area contributed by atoms with Gasteiger partial charge < -0.3 is 4.98 Å². The molecule has 0 saturated heterocycles. The van der Waals surface area contributed by atoms with Gasteiger partial charge >= 0.3 is 5.69 Å². The molecule has 1 aromatic carbocycles. The molecule has 1 N–H and O–H groups in total. The number of imidazole rings is 1. The Labute approximate surface area is 196 Å². The third kappa shape index (κ3) is 4.31. The molecule has 0 spiro atoms. The third-order valence-corrected chi connectivity index (χ3v) is 5.54. The summed E-state index contributed by atoms with van der Waals surface area (Å²) < 4.78 is 17.7. The smallest absolute Gasteiger partial charge is 0.332 e. The summed E-state index contributed by atoms with van der Waals surface area (Å²) in [4.78, 5) is 33.5. The van der Waals surface area contributed by atoms with Gasteiger partial charge in [0, 0.05) is 24.8 Å². The number of hydrogen-bond acceptors (Lipinski definition) is 4. The molecule has 3 heterocycles. The second kappa shape index (κ2) is 9.14. The molecule has 176 valence electrons. The van der Waals surface area contributed by atoms with Crippen LogP contribution >= 0.6 is 0 Å². The molecule has 0 aliphatic rings. The minimum absolute atomic E-state index is 0.305. The standard InChI is InChI=1S/C25H27FN6O2/c1-5-13-30-22-20(23(33)31(14-6-2)24(30)34)28-21(29-22)18-15-27-32(16-18)25(3,4)12-11-17-7-9-19(26)10-8-17/h7-10,15-16H,5-6,13-14H2,1-4H3,(H,28,29). The van der Waals surface area contributed by atoms with Gasteiger partial charge in [-0.05, 0) is 51.0 Å². The summed E-state index contributed by atoms with van der Waals surface area (Å²) in [6, 6.07) is 6.00. The summed E-state index contributed by atoms with van der Waals surface area (Å²) >= 11 is 0. The fourth-order valence-electron chi connectivity index (χ4n) is 3.72. The first-order valence-electron chi connectivity index (χ1n) is 11.3. The van der Waals surface area contributed by atoms with Crippen molar-refractivity contribution in [3.63, 3.8) is 0 Å². The molecule has 34 heavy (non-hydrogen) atoms. The van der Waals surface area contributed by atoms with Gasteiger partial charge in [0.15, 0.2) is 5.65 Å². The summed E-state index contributed by atoms with van der Waals surface area (Å²) in [5.41, 5.74) is 0.665. The Morgan fingerprint density at radius 2 is 1.74 bits per heavy atom. The number of aryl methyl sites for hydroxylation is 1. The molecule has 4 aromatic rings. The lowest BCUT2D eigenvalue weighted by Gasteiger charge is -2.18. The summed E-state index contributed by atoms with van der Waals surface area (Å²) in [7, 11) is 0. The number of hydrogen-bond donors (Lipinski definition) is 1. The molecule has 0 amide bonds. The Bertz CT molecular complexity index is 1510. The SMILES string of the molecule is CCCn1c(=O)c2[nH]c(-c3cnn(C(C)(C)C#Cc4ccc(F)cc4)c3)nc2n(CCC)c1=O. The predicted molar refractivity (Wildman–Crippen MR) is 129 cm³/mol. The number of nitrogens with one attached hydrogen (secondary N) is 1. The van der Waals surface area contributed by atoms with Gasteiger partial charge in [-0.3, -0.25) is 18.6 Å². The largest absolute Gasteiger partial charge is 0.332 e. The molecule has 8 nitrogen and oxygen atoms in total. The van der Waals surface area contributed by atoms with Gasteiger partial charge in [0.05, 0.1) is 11.8 Å². The normalized spacial score (nSPS) is 11.6. The Balaban J connectivity index is 1.74. The van der Waals surface area contributed by atoms with E-state index in [2.05, 4.69) is 26.9 Å². The summed E-state index contributed by atoms with van der Waals surface area (Å²) in [5.74, 6) is 6.37. The van der Waals surface area contributed by atoms with E-state index in [1.165, 1.54) is 16.7 Å². The number of aromatic nitrogens is 6. The van der Waals surface area contributed by atoms with E-state index in [4.69, 9.17) is 0 Å². The molecule has 0 bridgehead atoms. The number of nitrogens with zero attached hydrogens (tertiary/aromatic N) is 5. The van der Waals surface area contributed by atoms with Crippen molar-refractivity contribution < 1.29 is 4.39 Å². The van der Waals surface area contributed by atoms with Crippen molar-refractivity contribution in [3.05, 3.63) is 68.9 Å². The Kier molecular flexibility index (Phi) is 6.24. The van der Waals surface area contributed by atoms with Crippen molar-refractivity contribution >= 4 is 11.2 Å². The third-order valence-electron chi connectivity index (χ3n) is 5.54. The minimum atomic E-state index is -0.656. The average Bonchev–Trinajstić information content (AvgIpc) is 3.47. The lowest BCUT2D eigenvalue weighted by Crippen LogP contribution is -2.40. The first-order chi connectivity index (χ1) is 16.2. The zero-order valence-electron chi connectivity index (χ0n) is 19.7. The fourth-order valence-corrected chi connectivity index (χ4v) is 3.72. The Hall–Kier alpha value is -3.93. The maximum atomic E-state index is 13.1. The number of benzene rings is 1. The van der Waals surface area contributed by atoms with Gasteiger partial charge in [-0.1, -0.05) is 25.7 Å². The van der Waals surface area contributed by atoms with Crippen LogP contribution in [-0.2, 0) is 18.6 Å².